The first-order valence-corrected chi connectivity index (χ1v) is 5.17. The molecule has 0 aliphatic carbocycles. The van der Waals surface area contributed by atoms with Crippen LogP contribution >= 0.6 is 0 Å². The van der Waals surface area contributed by atoms with Gasteiger partial charge < -0.3 is 10.1 Å². The summed E-state index contributed by atoms with van der Waals surface area (Å²) < 4.78 is 4.68. The lowest BCUT2D eigenvalue weighted by Crippen LogP contribution is -2.22. The monoisotopic (exact) mass is 219 g/mol. The van der Waals surface area contributed by atoms with Gasteiger partial charge in [-0.2, -0.15) is 0 Å². The molecule has 84 valence electrons. The number of Topliss-reactive ketones (excluding diaryl/α,β-unsaturated/α-hetero) is 1. The largest absolute Gasteiger partial charge is 0.468 e. The molecule has 1 heterocycles. The Kier molecular flexibility index (Phi) is 2.90. The normalized spacial score (nSPS) is 19.3. The van der Waals surface area contributed by atoms with Crippen LogP contribution in [0.3, 0.4) is 0 Å². The van der Waals surface area contributed by atoms with Crippen molar-refractivity contribution in [3.8, 4) is 0 Å². The number of ether oxygens (including phenoxy) is 1. The molecule has 0 fully saturated rings. The Morgan fingerprint density at radius 3 is 2.94 bits per heavy atom. The summed E-state index contributed by atoms with van der Waals surface area (Å²) in [5, 5.41) is 3.14. The summed E-state index contributed by atoms with van der Waals surface area (Å²) in [5.41, 5.74) is 1.54. The lowest BCUT2D eigenvalue weighted by molar-refractivity contribution is -0.145. The van der Waals surface area contributed by atoms with Crippen LogP contribution in [0, 0.1) is 0 Å². The maximum atomic E-state index is 11.8. The molecule has 0 radical (unpaired) electrons. The van der Waals surface area contributed by atoms with Crippen molar-refractivity contribution in [2.75, 3.05) is 19.0 Å². The molecule has 0 saturated carbocycles. The molecule has 4 heteroatoms. The second kappa shape index (κ2) is 4.35. The van der Waals surface area contributed by atoms with Crippen LogP contribution in [0.5, 0.6) is 0 Å². The van der Waals surface area contributed by atoms with Gasteiger partial charge in [0.1, 0.15) is 5.92 Å². The molecule has 0 bridgehead atoms. The number of carbonyl (C=O) groups excluding carboxylic acids is 2. The molecule has 16 heavy (non-hydrogen) atoms. The van der Waals surface area contributed by atoms with E-state index in [1.165, 1.54) is 7.11 Å². The average molecular weight is 219 g/mol. The number of hydrogen-bond acceptors (Lipinski definition) is 4. The van der Waals surface area contributed by atoms with Crippen molar-refractivity contribution in [1.29, 1.82) is 0 Å². The minimum Gasteiger partial charge on any atom is -0.468 e. The number of methoxy groups -OCH3 is 1. The molecule has 1 unspecified atom stereocenters. The first-order chi connectivity index (χ1) is 7.74. The summed E-state index contributed by atoms with van der Waals surface area (Å²) in [6.45, 7) is 0.559. The van der Waals surface area contributed by atoms with Gasteiger partial charge in [0, 0.05) is 18.7 Å². The third-order valence-corrected chi connectivity index (χ3v) is 2.72. The lowest BCUT2D eigenvalue weighted by atomic mass is 9.93. The first kappa shape index (κ1) is 10.7. The van der Waals surface area contributed by atoms with Crippen molar-refractivity contribution in [1.82, 2.24) is 0 Å². The summed E-state index contributed by atoms with van der Waals surface area (Å²) in [4.78, 5) is 23.5. The maximum absolute atomic E-state index is 11.8. The predicted molar refractivity (Wildman–Crippen MR) is 59.3 cm³/mol. The molecule has 4 nitrogen and oxygen atoms in total. The molecule has 0 spiro atoms. The van der Waals surface area contributed by atoms with Gasteiger partial charge in [0.15, 0.2) is 5.78 Å². The number of para-hydroxylation sites is 1. The fourth-order valence-electron chi connectivity index (χ4n) is 1.92. The zero-order chi connectivity index (χ0) is 11.5. The SMILES string of the molecule is COC(=O)C1C(=O)CCNc2ccccc21. The number of fused-ring (bicyclic) bond motifs is 1. The standard InChI is InChI=1S/C12H13NO3/c1-16-12(15)11-8-4-2-3-5-9(8)13-7-6-10(11)14/h2-5,11,13H,6-7H2,1H3. The van der Waals surface area contributed by atoms with E-state index >= 15 is 0 Å². The van der Waals surface area contributed by atoms with Crippen LogP contribution in [0.4, 0.5) is 5.69 Å². The van der Waals surface area contributed by atoms with Gasteiger partial charge >= 0.3 is 5.97 Å². The summed E-state index contributed by atoms with van der Waals surface area (Å²) in [6, 6.07) is 7.34. The third kappa shape index (κ3) is 1.78. The van der Waals surface area contributed by atoms with Crippen LogP contribution in [-0.2, 0) is 14.3 Å². The minimum atomic E-state index is -0.781. The van der Waals surface area contributed by atoms with Gasteiger partial charge in [-0.1, -0.05) is 18.2 Å². The summed E-state index contributed by atoms with van der Waals surface area (Å²) in [7, 11) is 1.30. The number of carbonyl (C=O) groups is 2. The van der Waals surface area contributed by atoms with Gasteiger partial charge in [-0.15, -0.1) is 0 Å². The summed E-state index contributed by atoms with van der Waals surface area (Å²) >= 11 is 0. The first-order valence-electron chi connectivity index (χ1n) is 5.17. The molecule has 0 aromatic heterocycles. The summed E-state index contributed by atoms with van der Waals surface area (Å²) in [6.07, 6.45) is 0.342. The van der Waals surface area contributed by atoms with Gasteiger partial charge in [-0.25, -0.2) is 0 Å². The van der Waals surface area contributed by atoms with Crippen molar-refractivity contribution in [2.24, 2.45) is 0 Å². The minimum absolute atomic E-state index is 0.0932. The van der Waals surface area contributed by atoms with E-state index in [1.807, 2.05) is 18.2 Å². The highest BCUT2D eigenvalue weighted by Gasteiger charge is 2.32. The number of anilines is 1. The van der Waals surface area contributed by atoms with E-state index in [1.54, 1.807) is 6.07 Å². The van der Waals surface area contributed by atoms with Crippen LogP contribution in [-0.4, -0.2) is 25.4 Å². The number of nitrogens with one attached hydrogen (secondary N) is 1. The van der Waals surface area contributed by atoms with Gasteiger partial charge in [-0.05, 0) is 11.6 Å². The molecule has 1 aliphatic rings. The second-order valence-electron chi connectivity index (χ2n) is 3.69. The second-order valence-corrected chi connectivity index (χ2v) is 3.69. The number of benzene rings is 1. The van der Waals surface area contributed by atoms with E-state index in [-0.39, 0.29) is 5.78 Å². The molecule has 1 aliphatic heterocycles. The van der Waals surface area contributed by atoms with E-state index in [2.05, 4.69) is 10.1 Å². The smallest absolute Gasteiger partial charge is 0.320 e. The third-order valence-electron chi connectivity index (χ3n) is 2.72. The highest BCUT2D eigenvalue weighted by molar-refractivity contribution is 6.06. The lowest BCUT2D eigenvalue weighted by Gasteiger charge is -2.13. The molecular weight excluding hydrogens is 206 g/mol. The van der Waals surface area contributed by atoms with Crippen molar-refractivity contribution >= 4 is 17.4 Å². The molecule has 0 amide bonds. The molecule has 1 aromatic rings. The quantitative estimate of drug-likeness (QED) is 0.572. The Balaban J connectivity index is 2.48. The predicted octanol–water partition coefficient (Wildman–Crippen LogP) is 1.33. The summed E-state index contributed by atoms with van der Waals surface area (Å²) in [5.74, 6) is -1.36. The van der Waals surface area contributed by atoms with E-state index < -0.39 is 11.9 Å². The Bertz CT molecular complexity index is 428. The van der Waals surface area contributed by atoms with Crippen LogP contribution in [0.15, 0.2) is 24.3 Å². The van der Waals surface area contributed by atoms with Crippen LogP contribution in [0.2, 0.25) is 0 Å². The zero-order valence-corrected chi connectivity index (χ0v) is 9.03. The Morgan fingerprint density at radius 1 is 1.44 bits per heavy atom. The number of rotatable bonds is 1. The highest BCUT2D eigenvalue weighted by atomic mass is 16.5. The maximum Gasteiger partial charge on any atom is 0.320 e. The number of ketones is 1. The fourth-order valence-corrected chi connectivity index (χ4v) is 1.92. The average Bonchev–Trinajstić information content (AvgIpc) is 2.46. The van der Waals surface area contributed by atoms with Gasteiger partial charge in [0.05, 0.1) is 7.11 Å². The fraction of sp³-hybridized carbons (Fsp3) is 0.333. The molecule has 2 rings (SSSR count). The molecular formula is C12H13NO3. The Morgan fingerprint density at radius 2 is 2.19 bits per heavy atom. The van der Waals surface area contributed by atoms with Gasteiger partial charge in [0.2, 0.25) is 0 Å². The van der Waals surface area contributed by atoms with E-state index in [4.69, 9.17) is 0 Å². The number of esters is 1. The van der Waals surface area contributed by atoms with Crippen LogP contribution < -0.4 is 5.32 Å². The van der Waals surface area contributed by atoms with Gasteiger partial charge in [0.25, 0.3) is 0 Å². The number of hydrogen-bond donors (Lipinski definition) is 1. The molecule has 1 N–H and O–H groups in total. The topological polar surface area (TPSA) is 55.4 Å². The van der Waals surface area contributed by atoms with Crippen molar-refractivity contribution < 1.29 is 14.3 Å². The molecule has 0 saturated heterocycles. The Hall–Kier alpha value is -1.84. The zero-order valence-electron chi connectivity index (χ0n) is 9.03. The van der Waals surface area contributed by atoms with E-state index in [9.17, 15) is 9.59 Å². The van der Waals surface area contributed by atoms with Crippen molar-refractivity contribution in [3.05, 3.63) is 29.8 Å². The van der Waals surface area contributed by atoms with Crippen molar-refractivity contribution in [3.63, 3.8) is 0 Å². The Labute approximate surface area is 93.6 Å². The van der Waals surface area contributed by atoms with Crippen LogP contribution in [0.25, 0.3) is 0 Å². The van der Waals surface area contributed by atoms with Gasteiger partial charge in [-0.3, -0.25) is 9.59 Å². The molecule has 1 atom stereocenters. The highest BCUT2D eigenvalue weighted by Crippen LogP contribution is 2.29. The van der Waals surface area contributed by atoms with E-state index in [0.29, 0.717) is 18.5 Å². The van der Waals surface area contributed by atoms with Crippen molar-refractivity contribution in [2.45, 2.75) is 12.3 Å². The van der Waals surface area contributed by atoms with E-state index in [0.717, 1.165) is 5.69 Å². The van der Waals surface area contributed by atoms with Crippen LogP contribution in [0.1, 0.15) is 17.9 Å². The molecule has 1 aromatic carbocycles.